The Hall–Kier alpha value is -0.380. The average molecular weight is 272 g/mol. The van der Waals surface area contributed by atoms with E-state index in [0.29, 0.717) is 0 Å². The molecule has 0 fully saturated rings. The lowest BCUT2D eigenvalue weighted by atomic mass is 10.1. The molecule has 0 aromatic heterocycles. The number of likely N-dealkylation sites (N-methyl/N-ethyl adjacent to an activating group) is 1. The molecule has 15 heavy (non-hydrogen) atoms. The Morgan fingerprint density at radius 1 is 1.27 bits per heavy atom. The van der Waals surface area contributed by atoms with Gasteiger partial charge in [-0.05, 0) is 38.6 Å². The summed E-state index contributed by atoms with van der Waals surface area (Å²) in [5, 5.41) is 9.46. The van der Waals surface area contributed by atoms with Crippen molar-refractivity contribution in [3.8, 4) is 0 Å². The maximum atomic E-state index is 9.46. The molecule has 0 spiro atoms. The topological polar surface area (TPSA) is 23.5 Å². The number of aliphatic hydroxyl groups excluding tert-OH is 1. The summed E-state index contributed by atoms with van der Waals surface area (Å²) in [5.74, 6) is 0. The summed E-state index contributed by atoms with van der Waals surface area (Å²) in [5.41, 5.74) is 1.26. The molecule has 1 aromatic rings. The molecule has 0 aliphatic carbocycles. The molecular weight excluding hydrogens is 254 g/mol. The number of rotatable bonds is 4. The summed E-state index contributed by atoms with van der Waals surface area (Å²) in [4.78, 5) is 2.15. The molecule has 2 nitrogen and oxygen atoms in total. The van der Waals surface area contributed by atoms with Crippen LogP contribution in [-0.2, 0) is 6.54 Å². The van der Waals surface area contributed by atoms with E-state index in [1.807, 2.05) is 33.0 Å². The molecule has 0 amide bonds. The number of benzene rings is 1. The zero-order chi connectivity index (χ0) is 11.4. The molecule has 0 aliphatic heterocycles. The van der Waals surface area contributed by atoms with Gasteiger partial charge in [0.25, 0.3) is 0 Å². The highest BCUT2D eigenvalue weighted by atomic mass is 79.9. The first-order valence-electron chi connectivity index (χ1n) is 5.13. The van der Waals surface area contributed by atoms with Crippen molar-refractivity contribution in [2.45, 2.75) is 32.5 Å². The molecule has 0 bridgehead atoms. The van der Waals surface area contributed by atoms with Crippen LogP contribution < -0.4 is 0 Å². The van der Waals surface area contributed by atoms with E-state index in [1.54, 1.807) is 0 Å². The first-order chi connectivity index (χ1) is 7.00. The Morgan fingerprint density at radius 2 is 1.80 bits per heavy atom. The molecule has 0 radical (unpaired) electrons. The van der Waals surface area contributed by atoms with Gasteiger partial charge in [-0.25, -0.2) is 0 Å². The molecule has 0 saturated carbocycles. The molecule has 1 rings (SSSR count). The Balaban J connectivity index is 2.58. The van der Waals surface area contributed by atoms with Gasteiger partial charge in [0.05, 0.1) is 6.10 Å². The third-order valence-electron chi connectivity index (χ3n) is 2.74. The van der Waals surface area contributed by atoms with Crippen molar-refractivity contribution < 1.29 is 5.11 Å². The monoisotopic (exact) mass is 271 g/mol. The van der Waals surface area contributed by atoms with Gasteiger partial charge in [0.1, 0.15) is 0 Å². The summed E-state index contributed by atoms with van der Waals surface area (Å²) in [6.45, 7) is 4.71. The van der Waals surface area contributed by atoms with Crippen LogP contribution in [0, 0.1) is 0 Å². The Bertz CT molecular complexity index is 297. The second-order valence-electron chi connectivity index (χ2n) is 4.02. The lowest BCUT2D eigenvalue weighted by molar-refractivity contribution is 0.0828. The fourth-order valence-electron chi connectivity index (χ4n) is 1.39. The molecule has 1 aromatic carbocycles. The summed E-state index contributed by atoms with van der Waals surface area (Å²) < 4.78 is 1.09. The van der Waals surface area contributed by atoms with E-state index < -0.39 is 0 Å². The highest BCUT2D eigenvalue weighted by molar-refractivity contribution is 9.10. The van der Waals surface area contributed by atoms with Gasteiger partial charge >= 0.3 is 0 Å². The van der Waals surface area contributed by atoms with Crippen LogP contribution in [0.2, 0.25) is 0 Å². The number of nitrogens with zero attached hydrogens (tertiary/aromatic N) is 1. The van der Waals surface area contributed by atoms with Crippen LogP contribution in [0.3, 0.4) is 0 Å². The quantitative estimate of drug-likeness (QED) is 0.910. The highest BCUT2D eigenvalue weighted by Crippen LogP contribution is 2.13. The number of hydrogen-bond donors (Lipinski definition) is 1. The van der Waals surface area contributed by atoms with Crippen LogP contribution >= 0.6 is 15.9 Å². The molecule has 1 N–H and O–H groups in total. The van der Waals surface area contributed by atoms with Gasteiger partial charge in [0.15, 0.2) is 0 Å². The summed E-state index contributed by atoms with van der Waals surface area (Å²) in [6, 6.07) is 8.44. The van der Waals surface area contributed by atoms with E-state index in [1.165, 1.54) is 5.56 Å². The minimum Gasteiger partial charge on any atom is -0.392 e. The number of halogens is 1. The summed E-state index contributed by atoms with van der Waals surface area (Å²) in [7, 11) is 2.03. The second-order valence-corrected chi connectivity index (χ2v) is 4.94. The van der Waals surface area contributed by atoms with Crippen molar-refractivity contribution in [2.24, 2.45) is 0 Å². The molecule has 3 heteroatoms. The van der Waals surface area contributed by atoms with Crippen LogP contribution in [-0.4, -0.2) is 29.2 Å². The first kappa shape index (κ1) is 12.7. The van der Waals surface area contributed by atoms with Crippen molar-refractivity contribution in [3.05, 3.63) is 34.3 Å². The largest absolute Gasteiger partial charge is 0.392 e. The van der Waals surface area contributed by atoms with E-state index in [2.05, 4.69) is 33.0 Å². The van der Waals surface area contributed by atoms with Gasteiger partial charge in [-0.15, -0.1) is 0 Å². The smallest absolute Gasteiger partial charge is 0.0664 e. The van der Waals surface area contributed by atoms with Crippen LogP contribution in [0.1, 0.15) is 19.4 Å². The Morgan fingerprint density at radius 3 is 2.27 bits per heavy atom. The van der Waals surface area contributed by atoms with E-state index in [-0.39, 0.29) is 12.1 Å². The molecule has 0 aliphatic rings. The van der Waals surface area contributed by atoms with E-state index in [4.69, 9.17) is 0 Å². The van der Waals surface area contributed by atoms with Crippen LogP contribution in [0.15, 0.2) is 28.7 Å². The molecule has 0 saturated heterocycles. The normalized spacial score (nSPS) is 15.3. The van der Waals surface area contributed by atoms with E-state index in [0.717, 1.165) is 11.0 Å². The van der Waals surface area contributed by atoms with Gasteiger partial charge in [-0.3, -0.25) is 4.90 Å². The predicted molar refractivity (Wildman–Crippen MR) is 66.8 cm³/mol. The zero-order valence-corrected chi connectivity index (χ0v) is 11.0. The maximum Gasteiger partial charge on any atom is 0.0664 e. The van der Waals surface area contributed by atoms with Crippen molar-refractivity contribution >= 4 is 15.9 Å². The van der Waals surface area contributed by atoms with Gasteiger partial charge in [-0.2, -0.15) is 0 Å². The van der Waals surface area contributed by atoms with E-state index >= 15 is 0 Å². The number of hydrogen-bond acceptors (Lipinski definition) is 2. The number of aliphatic hydroxyl groups is 1. The minimum atomic E-state index is -0.301. The molecular formula is C12H18BrNO. The van der Waals surface area contributed by atoms with Crippen LogP contribution in [0.5, 0.6) is 0 Å². The van der Waals surface area contributed by atoms with Crippen molar-refractivity contribution in [1.29, 1.82) is 0 Å². The van der Waals surface area contributed by atoms with Crippen molar-refractivity contribution in [2.75, 3.05) is 7.05 Å². The highest BCUT2D eigenvalue weighted by Gasteiger charge is 2.14. The predicted octanol–water partition coefficient (Wildman–Crippen LogP) is 2.65. The SMILES string of the molecule is CC(O)C(C)N(C)Cc1ccc(Br)cc1. The minimum absolute atomic E-state index is 0.175. The van der Waals surface area contributed by atoms with Gasteiger partial charge in [0, 0.05) is 17.1 Å². The lowest BCUT2D eigenvalue weighted by Gasteiger charge is -2.26. The molecule has 2 atom stereocenters. The molecule has 84 valence electrons. The third kappa shape index (κ3) is 3.93. The second kappa shape index (κ2) is 5.64. The van der Waals surface area contributed by atoms with Gasteiger partial charge < -0.3 is 5.11 Å². The maximum absolute atomic E-state index is 9.46. The fourth-order valence-corrected chi connectivity index (χ4v) is 1.65. The van der Waals surface area contributed by atoms with Crippen LogP contribution in [0.4, 0.5) is 0 Å². The van der Waals surface area contributed by atoms with Gasteiger partial charge in [0.2, 0.25) is 0 Å². The first-order valence-corrected chi connectivity index (χ1v) is 5.92. The fraction of sp³-hybridized carbons (Fsp3) is 0.500. The summed E-state index contributed by atoms with van der Waals surface area (Å²) in [6.07, 6.45) is -0.301. The summed E-state index contributed by atoms with van der Waals surface area (Å²) >= 11 is 3.41. The van der Waals surface area contributed by atoms with Crippen molar-refractivity contribution in [3.63, 3.8) is 0 Å². The van der Waals surface area contributed by atoms with E-state index in [9.17, 15) is 5.11 Å². The molecule has 0 heterocycles. The zero-order valence-electron chi connectivity index (χ0n) is 9.44. The lowest BCUT2D eigenvalue weighted by Crippen LogP contribution is -2.36. The molecule has 2 unspecified atom stereocenters. The Labute approximate surface area is 100 Å². The standard InChI is InChI=1S/C12H18BrNO/c1-9(10(2)15)14(3)8-11-4-6-12(13)7-5-11/h4-7,9-10,15H,8H2,1-3H3. The van der Waals surface area contributed by atoms with Crippen LogP contribution in [0.25, 0.3) is 0 Å². The van der Waals surface area contributed by atoms with Crippen molar-refractivity contribution in [1.82, 2.24) is 4.90 Å². The third-order valence-corrected chi connectivity index (χ3v) is 3.27. The average Bonchev–Trinajstić information content (AvgIpc) is 2.20. The Kier molecular flexibility index (Phi) is 4.77. The van der Waals surface area contributed by atoms with Gasteiger partial charge in [-0.1, -0.05) is 28.1 Å².